The Morgan fingerprint density at radius 1 is 1.19 bits per heavy atom. The standard InChI is InChI=1S/C16H15N3O2/c17-15-18-9-16(19(15)11-4-2-1-3-5-11)10-21-14-8-12(20)6-7-13(14)16/h1-8,20H,9-10H2,(H2,17,18). The van der Waals surface area contributed by atoms with Gasteiger partial charge >= 0.3 is 0 Å². The molecule has 1 atom stereocenters. The molecule has 3 N–H and O–H groups in total. The molecule has 2 aliphatic heterocycles. The SMILES string of the molecule is NC1=NCC2(COc3cc(O)ccc32)N1c1ccccc1. The minimum absolute atomic E-state index is 0.198. The molecule has 5 heteroatoms. The molecule has 1 spiro atoms. The van der Waals surface area contributed by atoms with Gasteiger partial charge in [0.25, 0.3) is 0 Å². The van der Waals surface area contributed by atoms with Gasteiger partial charge in [-0.25, -0.2) is 4.99 Å². The Balaban J connectivity index is 1.86. The fourth-order valence-electron chi connectivity index (χ4n) is 3.13. The minimum Gasteiger partial charge on any atom is -0.508 e. The van der Waals surface area contributed by atoms with E-state index in [0.717, 1.165) is 11.3 Å². The van der Waals surface area contributed by atoms with E-state index >= 15 is 0 Å². The van der Waals surface area contributed by atoms with Crippen LogP contribution in [-0.2, 0) is 5.54 Å². The van der Waals surface area contributed by atoms with Gasteiger partial charge in [-0.2, -0.15) is 0 Å². The number of hydrogen-bond donors (Lipinski definition) is 2. The Labute approximate surface area is 122 Å². The van der Waals surface area contributed by atoms with Crippen molar-refractivity contribution < 1.29 is 9.84 Å². The van der Waals surface area contributed by atoms with E-state index in [1.165, 1.54) is 0 Å². The van der Waals surface area contributed by atoms with Crippen LogP contribution in [0.15, 0.2) is 53.5 Å². The molecule has 0 aliphatic carbocycles. The summed E-state index contributed by atoms with van der Waals surface area (Å²) in [5.41, 5.74) is 7.70. The van der Waals surface area contributed by atoms with Crippen molar-refractivity contribution in [2.45, 2.75) is 5.54 Å². The molecule has 2 aliphatic rings. The molecule has 4 rings (SSSR count). The Morgan fingerprint density at radius 2 is 2.00 bits per heavy atom. The topological polar surface area (TPSA) is 71.1 Å². The number of guanidine groups is 1. The fourth-order valence-corrected chi connectivity index (χ4v) is 3.13. The van der Waals surface area contributed by atoms with Crippen LogP contribution < -0.4 is 15.4 Å². The molecule has 2 aromatic rings. The van der Waals surface area contributed by atoms with Gasteiger partial charge in [0.1, 0.15) is 23.6 Å². The molecule has 0 bridgehead atoms. The summed E-state index contributed by atoms with van der Waals surface area (Å²) in [5, 5.41) is 9.62. The van der Waals surface area contributed by atoms with Crippen LogP contribution in [0.25, 0.3) is 0 Å². The first kappa shape index (κ1) is 12.1. The number of anilines is 1. The van der Waals surface area contributed by atoms with Gasteiger partial charge < -0.3 is 15.6 Å². The van der Waals surface area contributed by atoms with Crippen LogP contribution in [0.3, 0.4) is 0 Å². The predicted octanol–water partition coefficient (Wildman–Crippen LogP) is 1.81. The number of hydrogen-bond acceptors (Lipinski definition) is 5. The average Bonchev–Trinajstić information content (AvgIpc) is 3.02. The fraction of sp³-hybridized carbons (Fsp3) is 0.188. The van der Waals surface area contributed by atoms with Crippen LogP contribution in [0.2, 0.25) is 0 Å². The number of aliphatic imine (C=N–C) groups is 1. The van der Waals surface area contributed by atoms with Crippen molar-refractivity contribution in [1.82, 2.24) is 0 Å². The van der Waals surface area contributed by atoms with E-state index in [4.69, 9.17) is 10.5 Å². The lowest BCUT2D eigenvalue weighted by Gasteiger charge is -2.34. The number of ether oxygens (including phenoxy) is 1. The minimum atomic E-state index is -0.422. The molecule has 0 aromatic heterocycles. The van der Waals surface area contributed by atoms with Gasteiger partial charge in [0, 0.05) is 17.3 Å². The third-order valence-corrected chi connectivity index (χ3v) is 4.11. The van der Waals surface area contributed by atoms with Crippen molar-refractivity contribution in [1.29, 1.82) is 0 Å². The van der Waals surface area contributed by atoms with Crippen LogP contribution >= 0.6 is 0 Å². The molecular formula is C16H15N3O2. The maximum absolute atomic E-state index is 9.62. The van der Waals surface area contributed by atoms with Crippen LogP contribution in [0.4, 0.5) is 5.69 Å². The Bertz CT molecular complexity index is 730. The van der Waals surface area contributed by atoms with Gasteiger partial charge in [0.05, 0.1) is 6.54 Å². The first-order valence-corrected chi connectivity index (χ1v) is 6.82. The van der Waals surface area contributed by atoms with Gasteiger partial charge in [-0.1, -0.05) is 18.2 Å². The lowest BCUT2D eigenvalue weighted by molar-refractivity contribution is 0.280. The molecule has 0 saturated carbocycles. The predicted molar refractivity (Wildman–Crippen MR) is 80.7 cm³/mol. The van der Waals surface area contributed by atoms with Crippen LogP contribution in [0.1, 0.15) is 5.56 Å². The highest BCUT2D eigenvalue weighted by Gasteiger charge is 2.50. The molecule has 0 radical (unpaired) electrons. The van der Waals surface area contributed by atoms with E-state index in [1.54, 1.807) is 12.1 Å². The highest BCUT2D eigenvalue weighted by Crippen LogP contribution is 2.46. The van der Waals surface area contributed by atoms with E-state index in [2.05, 4.69) is 4.99 Å². The van der Waals surface area contributed by atoms with Crippen LogP contribution in [0.5, 0.6) is 11.5 Å². The summed E-state index contributed by atoms with van der Waals surface area (Å²) in [6, 6.07) is 15.1. The maximum Gasteiger partial charge on any atom is 0.196 e. The number of aromatic hydroxyl groups is 1. The normalized spacial score (nSPS) is 23.0. The van der Waals surface area contributed by atoms with E-state index in [-0.39, 0.29) is 5.75 Å². The second-order valence-corrected chi connectivity index (χ2v) is 5.35. The maximum atomic E-state index is 9.62. The Kier molecular flexibility index (Phi) is 2.39. The van der Waals surface area contributed by atoms with Gasteiger partial charge in [-0.3, -0.25) is 4.90 Å². The number of fused-ring (bicyclic) bond motifs is 2. The molecule has 1 unspecified atom stereocenters. The molecule has 2 aromatic carbocycles. The largest absolute Gasteiger partial charge is 0.508 e. The Hall–Kier alpha value is -2.69. The van der Waals surface area contributed by atoms with Crippen molar-refractivity contribution in [2.24, 2.45) is 10.7 Å². The molecule has 0 amide bonds. The van der Waals surface area contributed by atoms with Crippen molar-refractivity contribution in [2.75, 3.05) is 18.1 Å². The first-order chi connectivity index (χ1) is 10.2. The molecule has 2 heterocycles. The number of benzene rings is 2. The molecule has 106 valence electrons. The zero-order chi connectivity index (χ0) is 14.4. The van der Waals surface area contributed by atoms with Gasteiger partial charge in [-0.15, -0.1) is 0 Å². The lowest BCUT2D eigenvalue weighted by Crippen LogP contribution is -2.50. The number of phenols is 1. The van der Waals surface area contributed by atoms with Gasteiger partial charge in [0.2, 0.25) is 0 Å². The summed E-state index contributed by atoms with van der Waals surface area (Å²) in [6.45, 7) is 1.01. The highest BCUT2D eigenvalue weighted by molar-refractivity contribution is 5.99. The summed E-state index contributed by atoms with van der Waals surface area (Å²) >= 11 is 0. The second-order valence-electron chi connectivity index (χ2n) is 5.35. The van der Waals surface area contributed by atoms with E-state index < -0.39 is 5.54 Å². The summed E-state index contributed by atoms with van der Waals surface area (Å²) < 4.78 is 5.79. The van der Waals surface area contributed by atoms with E-state index in [0.29, 0.717) is 24.9 Å². The van der Waals surface area contributed by atoms with Crippen molar-refractivity contribution in [3.05, 3.63) is 54.1 Å². The van der Waals surface area contributed by atoms with Crippen molar-refractivity contribution in [3.8, 4) is 11.5 Å². The smallest absolute Gasteiger partial charge is 0.196 e. The Morgan fingerprint density at radius 3 is 2.81 bits per heavy atom. The third kappa shape index (κ3) is 1.60. The summed E-state index contributed by atoms with van der Waals surface area (Å²) in [4.78, 5) is 6.45. The van der Waals surface area contributed by atoms with Gasteiger partial charge in [0.15, 0.2) is 5.96 Å². The first-order valence-electron chi connectivity index (χ1n) is 6.82. The zero-order valence-corrected chi connectivity index (χ0v) is 11.4. The van der Waals surface area contributed by atoms with Crippen LogP contribution in [-0.4, -0.2) is 24.2 Å². The number of nitrogens with zero attached hydrogens (tertiary/aromatic N) is 2. The molecule has 0 saturated heterocycles. The monoisotopic (exact) mass is 281 g/mol. The third-order valence-electron chi connectivity index (χ3n) is 4.11. The quantitative estimate of drug-likeness (QED) is 0.836. The highest BCUT2D eigenvalue weighted by atomic mass is 16.5. The average molecular weight is 281 g/mol. The summed E-state index contributed by atoms with van der Waals surface area (Å²) in [7, 11) is 0. The summed E-state index contributed by atoms with van der Waals surface area (Å²) in [5.74, 6) is 1.38. The van der Waals surface area contributed by atoms with Gasteiger partial charge in [-0.05, 0) is 24.3 Å². The summed E-state index contributed by atoms with van der Waals surface area (Å²) in [6.07, 6.45) is 0. The van der Waals surface area contributed by atoms with E-state index in [1.807, 2.05) is 41.3 Å². The van der Waals surface area contributed by atoms with E-state index in [9.17, 15) is 5.11 Å². The number of phenolic OH excluding ortho intramolecular Hbond substituents is 1. The lowest BCUT2D eigenvalue weighted by atomic mass is 9.90. The zero-order valence-electron chi connectivity index (χ0n) is 11.4. The van der Waals surface area contributed by atoms with Crippen molar-refractivity contribution >= 4 is 11.6 Å². The number of nitrogens with two attached hydrogens (primary N) is 1. The molecule has 0 fully saturated rings. The number of para-hydroxylation sites is 1. The number of rotatable bonds is 1. The van der Waals surface area contributed by atoms with Crippen molar-refractivity contribution in [3.63, 3.8) is 0 Å². The second kappa shape index (κ2) is 4.15. The van der Waals surface area contributed by atoms with Crippen LogP contribution in [0, 0.1) is 0 Å². The molecular weight excluding hydrogens is 266 g/mol. The molecule has 21 heavy (non-hydrogen) atoms. The molecule has 5 nitrogen and oxygen atoms in total.